The molecule has 6 heteroatoms. The first kappa shape index (κ1) is 19.5. The van der Waals surface area contributed by atoms with Gasteiger partial charge >= 0.3 is 6.09 Å². The molecule has 3 rings (SSSR count). The third-order valence-electron chi connectivity index (χ3n) is 5.61. The van der Waals surface area contributed by atoms with E-state index < -0.39 is 5.60 Å². The third kappa shape index (κ3) is 4.93. The first-order chi connectivity index (χ1) is 12.9. The van der Waals surface area contributed by atoms with Gasteiger partial charge in [-0.1, -0.05) is 26.0 Å². The fourth-order valence-electron chi connectivity index (χ4n) is 3.77. The van der Waals surface area contributed by atoms with Crippen LogP contribution in [-0.4, -0.2) is 58.7 Å². The number of aromatic hydroxyl groups is 1. The highest BCUT2D eigenvalue weighted by molar-refractivity contribution is 5.76. The molecule has 0 radical (unpaired) electrons. The number of rotatable bonds is 6. The van der Waals surface area contributed by atoms with Crippen molar-refractivity contribution < 1.29 is 19.4 Å². The lowest BCUT2D eigenvalue weighted by molar-refractivity contribution is -0.134. The van der Waals surface area contributed by atoms with Crippen LogP contribution in [0.15, 0.2) is 24.3 Å². The van der Waals surface area contributed by atoms with Crippen molar-refractivity contribution in [2.75, 3.05) is 26.2 Å². The van der Waals surface area contributed by atoms with E-state index in [0.29, 0.717) is 51.2 Å². The zero-order valence-electron chi connectivity index (χ0n) is 16.3. The van der Waals surface area contributed by atoms with Crippen molar-refractivity contribution in [1.82, 2.24) is 9.80 Å². The maximum Gasteiger partial charge on any atom is 0.410 e. The largest absolute Gasteiger partial charge is 0.508 e. The van der Waals surface area contributed by atoms with Gasteiger partial charge in [-0.25, -0.2) is 4.79 Å². The fraction of sp³-hybridized carbons (Fsp3) is 0.619. The number of hydrogen-bond acceptors (Lipinski definition) is 4. The predicted octanol–water partition coefficient (Wildman–Crippen LogP) is 3.18. The number of aryl methyl sites for hydroxylation is 1. The zero-order chi connectivity index (χ0) is 19.4. The molecule has 1 aromatic rings. The molecule has 1 spiro atoms. The maximum absolute atomic E-state index is 12.5. The standard InChI is InChI=1S/C21H30N2O4/c1-16(2)9-12-23-15-21(27-20(23)26)10-13-22(14-11-21)19(25)8-5-17-3-6-18(24)7-4-17/h3-4,6-7,16,24H,5,8-15H2,1-2H3. The number of nitrogens with zero attached hydrogens (tertiary/aromatic N) is 2. The highest BCUT2D eigenvalue weighted by Crippen LogP contribution is 2.33. The molecule has 2 amide bonds. The summed E-state index contributed by atoms with van der Waals surface area (Å²) in [6.07, 6.45) is 3.32. The van der Waals surface area contributed by atoms with Crippen LogP contribution in [0.5, 0.6) is 5.75 Å². The van der Waals surface area contributed by atoms with Gasteiger partial charge in [0.2, 0.25) is 5.91 Å². The number of piperidine rings is 1. The van der Waals surface area contributed by atoms with Gasteiger partial charge < -0.3 is 19.6 Å². The SMILES string of the molecule is CC(C)CCN1CC2(CCN(C(=O)CCc3ccc(O)cc3)CC2)OC1=O. The van der Waals surface area contributed by atoms with E-state index in [0.717, 1.165) is 18.5 Å². The lowest BCUT2D eigenvalue weighted by Crippen LogP contribution is -2.48. The summed E-state index contributed by atoms with van der Waals surface area (Å²) in [6.45, 7) is 6.97. The molecule has 0 atom stereocenters. The van der Waals surface area contributed by atoms with Gasteiger partial charge in [0, 0.05) is 38.9 Å². The average molecular weight is 374 g/mol. The summed E-state index contributed by atoms with van der Waals surface area (Å²) in [5.74, 6) is 0.932. The van der Waals surface area contributed by atoms with Gasteiger partial charge in [0.1, 0.15) is 11.4 Å². The van der Waals surface area contributed by atoms with E-state index in [-0.39, 0.29) is 17.7 Å². The van der Waals surface area contributed by atoms with Crippen molar-refractivity contribution in [2.24, 2.45) is 5.92 Å². The molecule has 6 nitrogen and oxygen atoms in total. The summed E-state index contributed by atoms with van der Waals surface area (Å²) in [5, 5.41) is 9.32. The Morgan fingerprint density at radius 3 is 2.52 bits per heavy atom. The highest BCUT2D eigenvalue weighted by Gasteiger charge is 2.47. The molecule has 0 aromatic heterocycles. The van der Waals surface area contributed by atoms with Gasteiger partial charge in [-0.3, -0.25) is 4.79 Å². The fourth-order valence-corrected chi connectivity index (χ4v) is 3.77. The van der Waals surface area contributed by atoms with E-state index in [1.54, 1.807) is 12.1 Å². The number of benzene rings is 1. The number of ether oxygens (including phenoxy) is 1. The Kier molecular flexibility index (Phi) is 5.92. The summed E-state index contributed by atoms with van der Waals surface area (Å²) in [5.41, 5.74) is 0.627. The number of phenolic OH excluding ortho intramolecular Hbond substituents is 1. The molecule has 1 aromatic carbocycles. The summed E-state index contributed by atoms with van der Waals surface area (Å²) < 4.78 is 5.73. The second kappa shape index (κ2) is 8.19. The summed E-state index contributed by atoms with van der Waals surface area (Å²) in [6, 6.07) is 6.98. The lowest BCUT2D eigenvalue weighted by Gasteiger charge is -2.37. The van der Waals surface area contributed by atoms with Crippen molar-refractivity contribution in [3.8, 4) is 5.75 Å². The van der Waals surface area contributed by atoms with Crippen molar-refractivity contribution in [2.45, 2.75) is 51.6 Å². The second-order valence-electron chi connectivity index (χ2n) is 8.20. The number of likely N-dealkylation sites (tertiary alicyclic amines) is 1. The molecular formula is C21H30N2O4. The molecule has 0 saturated carbocycles. The smallest absolute Gasteiger partial charge is 0.410 e. The molecular weight excluding hydrogens is 344 g/mol. The van der Waals surface area contributed by atoms with Crippen molar-refractivity contribution >= 4 is 12.0 Å². The molecule has 1 N–H and O–H groups in total. The van der Waals surface area contributed by atoms with Crippen molar-refractivity contribution in [3.05, 3.63) is 29.8 Å². The molecule has 148 valence electrons. The molecule has 2 saturated heterocycles. The lowest BCUT2D eigenvalue weighted by atomic mass is 9.91. The van der Waals surface area contributed by atoms with Crippen LogP contribution in [0.2, 0.25) is 0 Å². The number of amides is 2. The maximum atomic E-state index is 12.5. The Bertz CT molecular complexity index is 663. The summed E-state index contributed by atoms with van der Waals surface area (Å²) in [7, 11) is 0. The normalized spacial score (nSPS) is 19.0. The monoisotopic (exact) mass is 374 g/mol. The van der Waals surface area contributed by atoms with Crippen LogP contribution in [0.1, 0.15) is 45.1 Å². The van der Waals surface area contributed by atoms with Crippen LogP contribution >= 0.6 is 0 Å². The minimum atomic E-state index is -0.415. The average Bonchev–Trinajstić information content (AvgIpc) is 2.95. The summed E-state index contributed by atoms with van der Waals surface area (Å²) in [4.78, 5) is 28.4. The van der Waals surface area contributed by atoms with Gasteiger partial charge in [-0.15, -0.1) is 0 Å². The second-order valence-corrected chi connectivity index (χ2v) is 8.20. The van der Waals surface area contributed by atoms with Crippen molar-refractivity contribution in [3.63, 3.8) is 0 Å². The van der Waals surface area contributed by atoms with E-state index >= 15 is 0 Å². The van der Waals surface area contributed by atoms with E-state index in [4.69, 9.17) is 4.74 Å². The predicted molar refractivity (Wildman–Crippen MR) is 102 cm³/mol. The Labute approximate surface area is 161 Å². The molecule has 0 unspecified atom stereocenters. The van der Waals surface area contributed by atoms with Crippen LogP contribution in [0, 0.1) is 5.92 Å². The Balaban J connectivity index is 1.46. The van der Waals surface area contributed by atoms with Crippen LogP contribution in [0.25, 0.3) is 0 Å². The van der Waals surface area contributed by atoms with Crippen LogP contribution in [-0.2, 0) is 16.0 Å². The third-order valence-corrected chi connectivity index (χ3v) is 5.61. The number of carbonyl (C=O) groups excluding carboxylic acids is 2. The molecule has 2 heterocycles. The molecule has 2 aliphatic heterocycles. The zero-order valence-corrected chi connectivity index (χ0v) is 16.3. The van der Waals surface area contributed by atoms with Gasteiger partial charge in [-0.2, -0.15) is 0 Å². The molecule has 2 fully saturated rings. The van der Waals surface area contributed by atoms with Gasteiger partial charge in [0.25, 0.3) is 0 Å². The quantitative estimate of drug-likeness (QED) is 0.830. The van der Waals surface area contributed by atoms with Gasteiger partial charge in [-0.05, 0) is 36.5 Å². The number of phenols is 1. The number of carbonyl (C=O) groups is 2. The molecule has 2 aliphatic rings. The summed E-state index contributed by atoms with van der Waals surface area (Å²) >= 11 is 0. The van der Waals surface area contributed by atoms with E-state index in [1.165, 1.54) is 0 Å². The van der Waals surface area contributed by atoms with Crippen molar-refractivity contribution in [1.29, 1.82) is 0 Å². The molecule has 27 heavy (non-hydrogen) atoms. The Morgan fingerprint density at radius 1 is 1.22 bits per heavy atom. The number of hydrogen-bond donors (Lipinski definition) is 1. The first-order valence-corrected chi connectivity index (χ1v) is 9.90. The van der Waals surface area contributed by atoms with E-state index in [2.05, 4.69) is 13.8 Å². The first-order valence-electron chi connectivity index (χ1n) is 9.90. The van der Waals surface area contributed by atoms with Gasteiger partial charge in [0.05, 0.1) is 6.54 Å². The molecule has 0 bridgehead atoms. The van der Waals surface area contributed by atoms with E-state index in [1.807, 2.05) is 21.9 Å². The van der Waals surface area contributed by atoms with Crippen LogP contribution in [0.4, 0.5) is 4.79 Å². The van der Waals surface area contributed by atoms with Crippen LogP contribution in [0.3, 0.4) is 0 Å². The van der Waals surface area contributed by atoms with Gasteiger partial charge in [0.15, 0.2) is 0 Å². The minimum absolute atomic E-state index is 0.138. The van der Waals surface area contributed by atoms with Crippen LogP contribution < -0.4 is 0 Å². The molecule has 0 aliphatic carbocycles. The van der Waals surface area contributed by atoms with E-state index in [9.17, 15) is 14.7 Å². The topological polar surface area (TPSA) is 70.1 Å². The highest BCUT2D eigenvalue weighted by atomic mass is 16.6. The Hall–Kier alpha value is -2.24. The Morgan fingerprint density at radius 2 is 1.89 bits per heavy atom. The minimum Gasteiger partial charge on any atom is -0.508 e.